The van der Waals surface area contributed by atoms with Gasteiger partial charge >= 0.3 is 24.1 Å². The van der Waals surface area contributed by atoms with Crippen LogP contribution in [-0.2, 0) is 27.4 Å². The number of rotatable bonds is 11. The molecule has 0 bridgehead atoms. The van der Waals surface area contributed by atoms with Gasteiger partial charge in [0.1, 0.15) is 11.4 Å². The number of pyridine rings is 2. The average Bonchev–Trinajstić information content (AvgIpc) is 3.27. The zero-order valence-corrected chi connectivity index (χ0v) is 31.5. The number of carbonyl (C=O) groups is 5. The van der Waals surface area contributed by atoms with Gasteiger partial charge in [-0.1, -0.05) is 48.5 Å². The molecule has 0 spiro atoms. The van der Waals surface area contributed by atoms with Gasteiger partial charge in [0, 0.05) is 49.9 Å². The van der Waals surface area contributed by atoms with Gasteiger partial charge in [0.2, 0.25) is 0 Å². The first-order chi connectivity index (χ1) is 27.9. The fourth-order valence-electron chi connectivity index (χ4n) is 5.79. The van der Waals surface area contributed by atoms with Crippen molar-refractivity contribution in [2.24, 2.45) is 5.73 Å². The molecule has 0 radical (unpaired) electrons. The van der Waals surface area contributed by atoms with Crippen molar-refractivity contribution in [1.82, 2.24) is 25.1 Å². The quantitative estimate of drug-likeness (QED) is 0.210. The number of hydrogen-bond acceptors (Lipinski definition) is 10. The summed E-state index contributed by atoms with van der Waals surface area (Å²) in [6, 6.07) is 24.7. The molecule has 2 aromatic heterocycles. The topological polar surface area (TPSA) is 181 Å². The fourth-order valence-corrected chi connectivity index (χ4v) is 5.79. The minimum atomic E-state index is -5.06. The van der Waals surface area contributed by atoms with Gasteiger partial charge in [0.05, 0.1) is 52.6 Å². The van der Waals surface area contributed by atoms with Crippen LogP contribution in [0.25, 0.3) is 0 Å². The van der Waals surface area contributed by atoms with Gasteiger partial charge < -0.3 is 30.3 Å². The molecule has 2 saturated heterocycles. The van der Waals surface area contributed by atoms with Gasteiger partial charge in [-0.25, -0.2) is 9.59 Å². The summed E-state index contributed by atoms with van der Waals surface area (Å²) >= 11 is 0. The Balaban J connectivity index is 0.000000226. The van der Waals surface area contributed by atoms with Crippen LogP contribution in [0.5, 0.6) is 0 Å². The highest BCUT2D eigenvalue weighted by Gasteiger charge is 2.38. The van der Waals surface area contributed by atoms with Gasteiger partial charge in [-0.15, -0.1) is 0 Å². The summed E-state index contributed by atoms with van der Waals surface area (Å²) in [5.41, 5.74) is 8.55. The Labute approximate surface area is 332 Å². The zero-order valence-electron chi connectivity index (χ0n) is 31.5. The Morgan fingerprint density at radius 1 is 0.638 bits per heavy atom. The molecule has 306 valence electrons. The number of nitrogens with zero attached hydrogens (tertiary/aromatic N) is 6. The third kappa shape index (κ3) is 12.1. The number of aromatic nitrogens is 2. The van der Waals surface area contributed by atoms with E-state index in [9.17, 15) is 37.1 Å². The van der Waals surface area contributed by atoms with Crippen molar-refractivity contribution in [3.05, 3.63) is 120 Å². The smallest absolute Gasteiger partial charge is 0.378 e. The van der Waals surface area contributed by atoms with E-state index in [1.54, 1.807) is 56.1 Å². The van der Waals surface area contributed by atoms with Crippen LogP contribution in [0.1, 0.15) is 32.1 Å². The summed E-state index contributed by atoms with van der Waals surface area (Å²) in [4.78, 5) is 75.5. The lowest BCUT2D eigenvalue weighted by Gasteiger charge is -2.33. The minimum absolute atomic E-state index is 0.0680. The highest BCUT2D eigenvalue weighted by molar-refractivity contribution is 5.98. The molecular formula is C40H43F3N8O7. The second kappa shape index (κ2) is 20.8. The summed E-state index contributed by atoms with van der Waals surface area (Å²) in [6.07, 6.45) is -2.07. The van der Waals surface area contributed by atoms with E-state index in [4.69, 9.17) is 15.2 Å². The largest absolute Gasteiger partial charge is 0.471 e. The Morgan fingerprint density at radius 2 is 1.05 bits per heavy atom. The molecule has 2 aliphatic rings. The number of hydrogen-bond donors (Lipinski definition) is 2. The predicted octanol–water partition coefficient (Wildman–Crippen LogP) is 4.08. The van der Waals surface area contributed by atoms with Crippen LogP contribution in [0.15, 0.2) is 97.3 Å². The number of amides is 5. The van der Waals surface area contributed by atoms with E-state index in [0.29, 0.717) is 76.1 Å². The predicted molar refractivity (Wildman–Crippen MR) is 206 cm³/mol. The van der Waals surface area contributed by atoms with E-state index >= 15 is 0 Å². The number of para-hydroxylation sites is 2. The van der Waals surface area contributed by atoms with Gasteiger partial charge in [0.25, 0.3) is 0 Å². The number of nitrogens with two attached hydrogens (primary N) is 1. The van der Waals surface area contributed by atoms with Crippen LogP contribution in [0, 0.1) is 0 Å². The summed E-state index contributed by atoms with van der Waals surface area (Å²) in [5, 5.41) is 1.52. The molecule has 6 rings (SSSR count). The van der Waals surface area contributed by atoms with Gasteiger partial charge in [-0.2, -0.15) is 13.2 Å². The Hall–Kier alpha value is -6.24. The molecule has 58 heavy (non-hydrogen) atoms. The molecule has 2 aromatic carbocycles. The number of ketones is 2. The fraction of sp³-hybridized carbons (Fsp3) is 0.325. The number of halogens is 3. The number of urea groups is 2. The third-order valence-electron chi connectivity index (χ3n) is 8.92. The minimum Gasteiger partial charge on any atom is -0.378 e. The van der Waals surface area contributed by atoms with E-state index in [0.717, 1.165) is 11.3 Å². The molecule has 15 nitrogen and oxygen atoms in total. The first-order valence-corrected chi connectivity index (χ1v) is 18.3. The molecule has 3 N–H and O–H groups in total. The standard InChI is InChI=1S/C21H21F3N4O4.C19H22N4O3/c22-21(23,24)19(30)26-13-18(29)17-7-6-15(12-25-17)14-28(16-4-2-1-3-5-16)20(31)27-8-10-32-11-9-27;20-12-18(24)17-7-6-15(13-21-17)14-23(16-4-2-1-3-5-16)19(25)22-8-10-26-11-9-22/h1-7,12H,8-11,13-14H2,(H,26,30);1-7,13H,8-12,14,20H2. The van der Waals surface area contributed by atoms with Crippen molar-refractivity contribution >= 4 is 40.9 Å². The number of anilines is 2. The maximum absolute atomic E-state index is 13.1. The molecule has 0 saturated carbocycles. The molecule has 4 heterocycles. The summed E-state index contributed by atoms with van der Waals surface area (Å²) < 4.78 is 47.3. The molecular weight excluding hydrogens is 761 g/mol. The molecule has 0 atom stereocenters. The molecule has 2 fully saturated rings. The summed E-state index contributed by atoms with van der Waals surface area (Å²) in [7, 11) is 0. The first kappa shape index (κ1) is 42.9. The van der Waals surface area contributed by atoms with E-state index in [1.807, 2.05) is 48.5 Å². The maximum Gasteiger partial charge on any atom is 0.471 e. The van der Waals surface area contributed by atoms with Crippen LogP contribution in [0.3, 0.4) is 0 Å². The molecule has 18 heteroatoms. The molecule has 0 aliphatic carbocycles. The number of nitrogens with one attached hydrogen (secondary N) is 1. The van der Waals surface area contributed by atoms with Gasteiger partial charge in [-0.05, 0) is 47.5 Å². The van der Waals surface area contributed by atoms with Crippen LogP contribution >= 0.6 is 0 Å². The lowest BCUT2D eigenvalue weighted by Crippen LogP contribution is -2.48. The van der Waals surface area contributed by atoms with Crippen molar-refractivity contribution in [2.75, 3.05) is 75.5 Å². The van der Waals surface area contributed by atoms with Crippen LogP contribution in [-0.4, -0.2) is 121 Å². The second-order valence-corrected chi connectivity index (χ2v) is 12.9. The number of ether oxygens (including phenoxy) is 2. The second-order valence-electron chi connectivity index (χ2n) is 12.9. The number of Topliss-reactive ketones (excluding diaryl/α,β-unsaturated/α-hetero) is 2. The SMILES string of the molecule is NCC(=O)c1ccc(CN(C(=O)N2CCOCC2)c2ccccc2)cn1.O=C(CNC(=O)C(F)(F)F)c1ccc(CN(C(=O)N2CCOCC2)c2ccccc2)cn1. The molecule has 0 unspecified atom stereocenters. The van der Waals surface area contributed by atoms with E-state index in [1.165, 1.54) is 17.6 Å². The average molecular weight is 805 g/mol. The van der Waals surface area contributed by atoms with Crippen molar-refractivity contribution in [1.29, 1.82) is 0 Å². The highest BCUT2D eigenvalue weighted by atomic mass is 19.4. The molecule has 4 aromatic rings. The van der Waals surface area contributed by atoms with Crippen molar-refractivity contribution in [3.63, 3.8) is 0 Å². The number of benzene rings is 2. The van der Waals surface area contributed by atoms with E-state index in [2.05, 4.69) is 9.97 Å². The lowest BCUT2D eigenvalue weighted by atomic mass is 10.2. The Kier molecular flexibility index (Phi) is 15.4. The first-order valence-electron chi connectivity index (χ1n) is 18.3. The third-order valence-corrected chi connectivity index (χ3v) is 8.92. The highest BCUT2D eigenvalue weighted by Crippen LogP contribution is 2.21. The van der Waals surface area contributed by atoms with Crippen LogP contribution in [0.4, 0.5) is 34.1 Å². The molecule has 2 aliphatic heterocycles. The van der Waals surface area contributed by atoms with Crippen molar-refractivity contribution < 1.29 is 46.6 Å². The summed E-state index contributed by atoms with van der Waals surface area (Å²) in [6.45, 7) is 3.74. The van der Waals surface area contributed by atoms with Crippen LogP contribution < -0.4 is 20.9 Å². The normalized spacial score (nSPS) is 14.1. The van der Waals surface area contributed by atoms with Crippen molar-refractivity contribution in [3.8, 4) is 0 Å². The number of carbonyl (C=O) groups excluding carboxylic acids is 5. The Bertz CT molecular complexity index is 1980. The van der Waals surface area contributed by atoms with E-state index < -0.39 is 24.4 Å². The van der Waals surface area contributed by atoms with E-state index in [-0.39, 0.29) is 36.6 Å². The zero-order chi connectivity index (χ0) is 41.5. The Morgan fingerprint density at radius 3 is 1.41 bits per heavy atom. The van der Waals surface area contributed by atoms with Crippen LogP contribution in [0.2, 0.25) is 0 Å². The summed E-state index contributed by atoms with van der Waals surface area (Å²) in [5.74, 6) is -3.16. The lowest BCUT2D eigenvalue weighted by molar-refractivity contribution is -0.173. The monoisotopic (exact) mass is 804 g/mol. The van der Waals surface area contributed by atoms with Gasteiger partial charge in [0.15, 0.2) is 11.6 Å². The number of alkyl halides is 3. The molecule has 5 amide bonds. The van der Waals surface area contributed by atoms with Crippen molar-refractivity contribution in [2.45, 2.75) is 19.3 Å². The maximum atomic E-state index is 13.1. The number of morpholine rings is 2. The van der Waals surface area contributed by atoms with Gasteiger partial charge in [-0.3, -0.25) is 34.2 Å².